The summed E-state index contributed by atoms with van der Waals surface area (Å²) < 4.78 is 0. The maximum absolute atomic E-state index is 5.40. The molecule has 2 rings (SSSR count). The minimum absolute atomic E-state index is 0.101. The molecular weight excluding hydrogens is 328 g/mol. The van der Waals surface area contributed by atoms with Gasteiger partial charge in [0.25, 0.3) is 0 Å². The summed E-state index contributed by atoms with van der Waals surface area (Å²) in [5.74, 6) is -0.202. The molecule has 0 spiro atoms. The Hall–Kier alpha value is -3.68. The highest BCUT2D eigenvalue weighted by atomic mass is 15.3. The van der Waals surface area contributed by atoms with Gasteiger partial charge >= 0.3 is 0 Å². The Kier molecular flexibility index (Phi) is 6.87. The van der Waals surface area contributed by atoms with Crippen molar-refractivity contribution >= 4 is 23.3 Å². The third-order valence-electron chi connectivity index (χ3n) is 3.38. The van der Waals surface area contributed by atoms with E-state index in [1.807, 2.05) is 60.7 Å². The Balaban J connectivity index is 2.29. The Morgan fingerprint density at radius 3 is 1.19 bits per heavy atom. The molecule has 8 heteroatoms. The molecule has 0 unspecified atom stereocenters. The lowest BCUT2D eigenvalue weighted by molar-refractivity contribution is 1.07. The fourth-order valence-corrected chi connectivity index (χ4v) is 2.24. The van der Waals surface area contributed by atoms with Crippen molar-refractivity contribution in [2.75, 3.05) is 0 Å². The van der Waals surface area contributed by atoms with Crippen LogP contribution in [-0.2, 0) is 0 Å². The molecule has 0 fully saturated rings. The Bertz CT molecular complexity index is 743. The van der Waals surface area contributed by atoms with Gasteiger partial charge in [0.2, 0.25) is 11.9 Å². The van der Waals surface area contributed by atoms with Crippen LogP contribution in [-0.4, -0.2) is 23.3 Å². The molecule has 0 aliphatic rings. The van der Waals surface area contributed by atoms with E-state index in [0.717, 1.165) is 22.6 Å². The third kappa shape index (κ3) is 6.08. The lowest BCUT2D eigenvalue weighted by Crippen LogP contribution is -2.22. The molecule has 26 heavy (non-hydrogen) atoms. The summed E-state index contributed by atoms with van der Waals surface area (Å²) in [6.07, 6.45) is 1.10. The minimum Gasteiger partial charge on any atom is -0.369 e. The molecule has 134 valence electrons. The predicted molar refractivity (Wildman–Crippen MR) is 107 cm³/mol. The highest BCUT2D eigenvalue weighted by Gasteiger charge is 2.09. The van der Waals surface area contributed by atoms with Crippen molar-refractivity contribution in [2.45, 2.75) is 12.8 Å². The van der Waals surface area contributed by atoms with Gasteiger partial charge < -0.3 is 22.9 Å². The average molecular weight is 350 g/mol. The molecule has 0 saturated carbocycles. The van der Waals surface area contributed by atoms with Gasteiger partial charge in [-0.05, 0) is 24.0 Å². The maximum Gasteiger partial charge on any atom is 0.211 e. The van der Waals surface area contributed by atoms with Crippen LogP contribution in [0.15, 0.2) is 81.1 Å². The number of guanidine groups is 2. The van der Waals surface area contributed by atoms with Crippen LogP contribution in [0.25, 0.3) is 0 Å². The van der Waals surface area contributed by atoms with Gasteiger partial charge in [0.05, 0.1) is 11.4 Å². The molecule has 0 aromatic heterocycles. The summed E-state index contributed by atoms with van der Waals surface area (Å²) in [6, 6.07) is 19.3. The van der Waals surface area contributed by atoms with Gasteiger partial charge in [-0.1, -0.05) is 60.7 Å². The molecule has 0 atom stereocenters. The van der Waals surface area contributed by atoms with E-state index in [1.54, 1.807) is 0 Å². The summed E-state index contributed by atoms with van der Waals surface area (Å²) in [5.41, 5.74) is 24.9. The summed E-state index contributed by atoms with van der Waals surface area (Å²) in [7, 11) is 0. The van der Waals surface area contributed by atoms with Crippen LogP contribution in [0.5, 0.6) is 0 Å². The summed E-state index contributed by atoms with van der Waals surface area (Å²) >= 11 is 0. The number of nitrogens with zero attached hydrogens (tertiary/aromatic N) is 4. The van der Waals surface area contributed by atoms with Gasteiger partial charge in [0.15, 0.2) is 0 Å². The van der Waals surface area contributed by atoms with Gasteiger partial charge in [0.1, 0.15) is 0 Å². The van der Waals surface area contributed by atoms with Gasteiger partial charge in [-0.2, -0.15) is 10.2 Å². The highest BCUT2D eigenvalue weighted by Crippen LogP contribution is 2.12. The molecule has 0 bridgehead atoms. The fraction of sp³-hybridized carbons (Fsp3) is 0.111. The van der Waals surface area contributed by atoms with Crippen LogP contribution < -0.4 is 22.9 Å². The second kappa shape index (κ2) is 9.58. The molecule has 8 nitrogen and oxygen atoms in total. The zero-order valence-electron chi connectivity index (χ0n) is 14.3. The van der Waals surface area contributed by atoms with Crippen LogP contribution in [0, 0.1) is 0 Å². The van der Waals surface area contributed by atoms with Gasteiger partial charge in [-0.25, -0.2) is 0 Å². The van der Waals surface area contributed by atoms with Crippen molar-refractivity contribution in [1.82, 2.24) is 0 Å². The lowest BCUT2D eigenvalue weighted by atomic mass is 10.0. The topological polar surface area (TPSA) is 154 Å². The Morgan fingerprint density at radius 1 is 0.538 bits per heavy atom. The molecule has 2 aromatic rings. The molecule has 2 aromatic carbocycles. The summed E-state index contributed by atoms with van der Waals surface area (Å²) in [5, 5.41) is 15.9. The van der Waals surface area contributed by atoms with Crippen LogP contribution >= 0.6 is 0 Å². The van der Waals surface area contributed by atoms with Gasteiger partial charge in [0, 0.05) is 0 Å². The standard InChI is InChI=1S/C18H22N8/c19-17(20)25-23-15(13-7-3-1-4-8-13)11-12-16(24-26-18(21)22)14-9-5-2-6-10-14/h1-10H,11-12H2,(H4,19,20,25)(H4,21,22,26)/b23-15-,24-16-. The van der Waals surface area contributed by atoms with E-state index in [2.05, 4.69) is 20.4 Å². The normalized spacial score (nSPS) is 11.7. The molecule has 0 saturated heterocycles. The number of nitrogens with two attached hydrogens (primary N) is 4. The van der Waals surface area contributed by atoms with Crippen LogP contribution in [0.1, 0.15) is 24.0 Å². The zero-order chi connectivity index (χ0) is 18.8. The lowest BCUT2D eigenvalue weighted by Gasteiger charge is -2.08. The van der Waals surface area contributed by atoms with Gasteiger partial charge in [-0.3, -0.25) is 0 Å². The van der Waals surface area contributed by atoms with Crippen molar-refractivity contribution in [3.05, 3.63) is 71.8 Å². The van der Waals surface area contributed by atoms with E-state index in [9.17, 15) is 0 Å². The van der Waals surface area contributed by atoms with E-state index in [4.69, 9.17) is 22.9 Å². The van der Waals surface area contributed by atoms with E-state index in [0.29, 0.717) is 12.8 Å². The van der Waals surface area contributed by atoms with Gasteiger partial charge in [-0.15, -0.1) is 10.2 Å². The minimum atomic E-state index is -0.101. The summed E-state index contributed by atoms with van der Waals surface area (Å²) in [6.45, 7) is 0. The maximum atomic E-state index is 5.40. The SMILES string of the molecule is NC(N)=N/N=C(/CC/C(=N/N=C(N)N)c1ccccc1)c1ccccc1. The Labute approximate surface area is 152 Å². The number of rotatable bonds is 7. The Morgan fingerprint density at radius 2 is 0.885 bits per heavy atom. The molecular formula is C18H22N8. The molecule has 8 N–H and O–H groups in total. The fourth-order valence-electron chi connectivity index (χ4n) is 2.24. The molecule has 0 radical (unpaired) electrons. The number of hydrogen-bond acceptors (Lipinski definition) is 4. The molecule has 0 aliphatic carbocycles. The largest absolute Gasteiger partial charge is 0.369 e. The van der Waals surface area contributed by atoms with Crippen LogP contribution in [0.2, 0.25) is 0 Å². The van der Waals surface area contributed by atoms with Crippen molar-refractivity contribution in [3.63, 3.8) is 0 Å². The first-order valence-corrected chi connectivity index (χ1v) is 7.98. The average Bonchev–Trinajstić information content (AvgIpc) is 2.65. The van der Waals surface area contributed by atoms with E-state index >= 15 is 0 Å². The van der Waals surface area contributed by atoms with E-state index in [1.165, 1.54) is 0 Å². The van der Waals surface area contributed by atoms with Crippen molar-refractivity contribution in [1.29, 1.82) is 0 Å². The summed E-state index contributed by atoms with van der Waals surface area (Å²) in [4.78, 5) is 0. The van der Waals surface area contributed by atoms with Crippen LogP contribution in [0.3, 0.4) is 0 Å². The molecule has 0 heterocycles. The van der Waals surface area contributed by atoms with Crippen molar-refractivity contribution in [2.24, 2.45) is 43.3 Å². The molecule has 0 amide bonds. The van der Waals surface area contributed by atoms with Crippen molar-refractivity contribution in [3.8, 4) is 0 Å². The quantitative estimate of drug-likeness (QED) is 0.335. The second-order valence-corrected chi connectivity index (χ2v) is 5.38. The zero-order valence-corrected chi connectivity index (χ0v) is 14.3. The first-order chi connectivity index (χ1) is 12.6. The predicted octanol–water partition coefficient (Wildman–Crippen LogP) is 1.12. The first-order valence-electron chi connectivity index (χ1n) is 7.98. The third-order valence-corrected chi connectivity index (χ3v) is 3.38. The smallest absolute Gasteiger partial charge is 0.211 e. The second-order valence-electron chi connectivity index (χ2n) is 5.38. The molecule has 0 aliphatic heterocycles. The van der Waals surface area contributed by atoms with Crippen molar-refractivity contribution < 1.29 is 0 Å². The van der Waals surface area contributed by atoms with Crippen LogP contribution in [0.4, 0.5) is 0 Å². The monoisotopic (exact) mass is 350 g/mol. The highest BCUT2D eigenvalue weighted by molar-refractivity contribution is 6.06. The number of hydrogen-bond donors (Lipinski definition) is 4. The van der Waals surface area contributed by atoms with E-state index in [-0.39, 0.29) is 11.9 Å². The van der Waals surface area contributed by atoms with E-state index < -0.39 is 0 Å². The first kappa shape index (κ1) is 18.7. The number of benzene rings is 2.